The maximum Gasteiger partial charge on any atom is 0.251 e. The van der Waals surface area contributed by atoms with Crippen molar-refractivity contribution in [3.8, 4) is 5.69 Å². The van der Waals surface area contributed by atoms with Gasteiger partial charge in [0.15, 0.2) is 0 Å². The Hall–Kier alpha value is -3.02. The summed E-state index contributed by atoms with van der Waals surface area (Å²) in [6, 6.07) is 15.1. The van der Waals surface area contributed by atoms with Gasteiger partial charge in [-0.25, -0.2) is 4.68 Å². The third-order valence-corrected chi connectivity index (χ3v) is 3.44. The van der Waals surface area contributed by atoms with Crippen molar-refractivity contribution in [3.05, 3.63) is 71.5 Å². The monoisotopic (exact) mass is 293 g/mol. The quantitative estimate of drug-likeness (QED) is 0.797. The van der Waals surface area contributed by atoms with Crippen LogP contribution in [0.15, 0.2) is 54.9 Å². The molecule has 6 heteroatoms. The standard InChI is InChI=1S/C16H15N5O/c1-12-4-2-3-5-14(12)10-17-16(22)13-6-8-15(9-7-13)21-11-18-19-20-21/h2-9,11H,10H2,1H3,(H,17,22). The van der Waals surface area contributed by atoms with Crippen molar-refractivity contribution in [1.82, 2.24) is 25.5 Å². The van der Waals surface area contributed by atoms with Crippen molar-refractivity contribution in [1.29, 1.82) is 0 Å². The number of tetrazole rings is 1. The lowest BCUT2D eigenvalue weighted by Crippen LogP contribution is -2.23. The lowest BCUT2D eigenvalue weighted by atomic mass is 10.1. The zero-order valence-corrected chi connectivity index (χ0v) is 12.1. The SMILES string of the molecule is Cc1ccccc1CNC(=O)c1ccc(-n2cnnn2)cc1. The minimum Gasteiger partial charge on any atom is -0.348 e. The minimum atomic E-state index is -0.105. The molecule has 3 aromatic rings. The predicted octanol–water partition coefficient (Wildman–Crippen LogP) is 1.90. The Labute approximate surface area is 127 Å². The van der Waals surface area contributed by atoms with Crippen molar-refractivity contribution >= 4 is 5.91 Å². The van der Waals surface area contributed by atoms with Crippen molar-refractivity contribution in [2.45, 2.75) is 13.5 Å². The van der Waals surface area contributed by atoms with Gasteiger partial charge in [-0.3, -0.25) is 4.79 Å². The van der Waals surface area contributed by atoms with Gasteiger partial charge >= 0.3 is 0 Å². The van der Waals surface area contributed by atoms with E-state index < -0.39 is 0 Å². The zero-order chi connectivity index (χ0) is 15.4. The van der Waals surface area contributed by atoms with Crippen LogP contribution in [0.25, 0.3) is 5.69 Å². The lowest BCUT2D eigenvalue weighted by molar-refractivity contribution is 0.0951. The number of hydrogen-bond donors (Lipinski definition) is 1. The molecule has 1 amide bonds. The fourth-order valence-corrected chi connectivity index (χ4v) is 2.13. The summed E-state index contributed by atoms with van der Waals surface area (Å²) in [6.45, 7) is 2.54. The molecule has 22 heavy (non-hydrogen) atoms. The average molecular weight is 293 g/mol. The second-order valence-corrected chi connectivity index (χ2v) is 4.91. The molecule has 0 saturated heterocycles. The molecular weight excluding hydrogens is 278 g/mol. The molecule has 0 fully saturated rings. The Morgan fingerprint density at radius 3 is 2.59 bits per heavy atom. The summed E-state index contributed by atoms with van der Waals surface area (Å²) in [6.07, 6.45) is 1.51. The smallest absolute Gasteiger partial charge is 0.251 e. The van der Waals surface area contributed by atoms with Crippen molar-refractivity contribution in [3.63, 3.8) is 0 Å². The molecular formula is C16H15N5O. The Morgan fingerprint density at radius 2 is 1.91 bits per heavy atom. The van der Waals surface area contributed by atoms with Crippen LogP contribution in [0.2, 0.25) is 0 Å². The molecule has 1 N–H and O–H groups in total. The molecule has 0 bridgehead atoms. The maximum atomic E-state index is 12.2. The summed E-state index contributed by atoms with van der Waals surface area (Å²) >= 11 is 0. The number of carbonyl (C=O) groups excluding carboxylic acids is 1. The molecule has 0 saturated carbocycles. The van der Waals surface area contributed by atoms with Crippen LogP contribution in [-0.4, -0.2) is 26.1 Å². The van der Waals surface area contributed by atoms with Crippen molar-refractivity contribution < 1.29 is 4.79 Å². The second-order valence-electron chi connectivity index (χ2n) is 4.91. The number of nitrogens with one attached hydrogen (secondary N) is 1. The number of aromatic nitrogens is 4. The van der Waals surface area contributed by atoms with E-state index in [1.165, 1.54) is 11.0 Å². The fourth-order valence-electron chi connectivity index (χ4n) is 2.13. The molecule has 6 nitrogen and oxygen atoms in total. The van der Waals surface area contributed by atoms with Gasteiger partial charge in [0, 0.05) is 12.1 Å². The van der Waals surface area contributed by atoms with Crippen LogP contribution in [0.5, 0.6) is 0 Å². The summed E-state index contributed by atoms with van der Waals surface area (Å²) in [7, 11) is 0. The maximum absolute atomic E-state index is 12.2. The number of amides is 1. The van der Waals surface area contributed by atoms with Crippen LogP contribution < -0.4 is 5.32 Å². The van der Waals surface area contributed by atoms with Crippen LogP contribution in [0, 0.1) is 6.92 Å². The third kappa shape index (κ3) is 3.01. The van der Waals surface area contributed by atoms with Gasteiger partial charge in [-0.05, 0) is 52.7 Å². The van der Waals surface area contributed by atoms with E-state index in [9.17, 15) is 4.79 Å². The van der Waals surface area contributed by atoms with Crippen molar-refractivity contribution in [2.75, 3.05) is 0 Å². The molecule has 0 aliphatic heterocycles. The third-order valence-electron chi connectivity index (χ3n) is 3.44. The van der Waals surface area contributed by atoms with Crippen LogP contribution in [-0.2, 0) is 6.54 Å². The first kappa shape index (κ1) is 13.9. The highest BCUT2D eigenvalue weighted by Gasteiger charge is 2.07. The van der Waals surface area contributed by atoms with E-state index in [1.54, 1.807) is 24.3 Å². The summed E-state index contributed by atoms with van der Waals surface area (Å²) in [5.41, 5.74) is 3.68. The number of carbonyl (C=O) groups is 1. The Balaban J connectivity index is 1.67. The normalized spacial score (nSPS) is 10.4. The van der Waals surface area contributed by atoms with E-state index >= 15 is 0 Å². The van der Waals surface area contributed by atoms with Gasteiger partial charge in [0.2, 0.25) is 0 Å². The summed E-state index contributed by atoms with van der Waals surface area (Å²) in [5.74, 6) is -0.105. The van der Waals surface area contributed by atoms with Gasteiger partial charge in [0.05, 0.1) is 5.69 Å². The largest absolute Gasteiger partial charge is 0.348 e. The average Bonchev–Trinajstić information content (AvgIpc) is 3.08. The predicted molar refractivity (Wildman–Crippen MR) is 81.5 cm³/mol. The Morgan fingerprint density at radius 1 is 1.14 bits per heavy atom. The first-order valence-corrected chi connectivity index (χ1v) is 6.90. The molecule has 1 heterocycles. The van der Waals surface area contributed by atoms with Crippen LogP contribution in [0.1, 0.15) is 21.5 Å². The molecule has 0 radical (unpaired) electrons. The molecule has 3 rings (SSSR count). The molecule has 0 atom stereocenters. The van der Waals surface area contributed by atoms with E-state index in [0.717, 1.165) is 16.8 Å². The zero-order valence-electron chi connectivity index (χ0n) is 12.1. The van der Waals surface area contributed by atoms with Crippen molar-refractivity contribution in [2.24, 2.45) is 0 Å². The Bertz CT molecular complexity index is 765. The number of rotatable bonds is 4. The fraction of sp³-hybridized carbons (Fsp3) is 0.125. The van der Waals surface area contributed by atoms with Crippen LogP contribution >= 0.6 is 0 Å². The van der Waals surface area contributed by atoms with Gasteiger partial charge in [-0.2, -0.15) is 0 Å². The van der Waals surface area contributed by atoms with Gasteiger partial charge in [0.25, 0.3) is 5.91 Å². The lowest BCUT2D eigenvalue weighted by Gasteiger charge is -2.08. The molecule has 0 aliphatic rings. The van der Waals surface area contributed by atoms with Crippen LogP contribution in [0.4, 0.5) is 0 Å². The van der Waals surface area contributed by atoms with Gasteiger partial charge in [0.1, 0.15) is 6.33 Å². The van der Waals surface area contributed by atoms with Crippen LogP contribution in [0.3, 0.4) is 0 Å². The first-order chi connectivity index (χ1) is 10.7. The van der Waals surface area contributed by atoms with Gasteiger partial charge < -0.3 is 5.32 Å². The highest BCUT2D eigenvalue weighted by molar-refractivity contribution is 5.94. The molecule has 0 spiro atoms. The Kier molecular flexibility index (Phi) is 3.91. The summed E-state index contributed by atoms with van der Waals surface area (Å²) in [4.78, 5) is 12.2. The molecule has 2 aromatic carbocycles. The topological polar surface area (TPSA) is 72.7 Å². The van der Waals surface area contributed by atoms with E-state index in [0.29, 0.717) is 12.1 Å². The van der Waals surface area contributed by atoms with E-state index in [2.05, 4.69) is 20.8 Å². The number of nitrogens with zero attached hydrogens (tertiary/aromatic N) is 4. The highest BCUT2D eigenvalue weighted by atomic mass is 16.1. The molecule has 0 unspecified atom stereocenters. The van der Waals surface area contributed by atoms with E-state index in [4.69, 9.17) is 0 Å². The number of aryl methyl sites for hydroxylation is 1. The van der Waals surface area contributed by atoms with E-state index in [1.807, 2.05) is 31.2 Å². The summed E-state index contributed by atoms with van der Waals surface area (Å²) < 4.78 is 1.54. The molecule has 1 aromatic heterocycles. The number of benzene rings is 2. The van der Waals surface area contributed by atoms with E-state index in [-0.39, 0.29) is 5.91 Å². The minimum absolute atomic E-state index is 0.105. The highest BCUT2D eigenvalue weighted by Crippen LogP contribution is 2.09. The number of hydrogen-bond acceptors (Lipinski definition) is 4. The molecule has 110 valence electrons. The molecule has 0 aliphatic carbocycles. The first-order valence-electron chi connectivity index (χ1n) is 6.90. The van der Waals surface area contributed by atoms with Gasteiger partial charge in [-0.1, -0.05) is 24.3 Å². The second kappa shape index (κ2) is 6.17. The van der Waals surface area contributed by atoms with Gasteiger partial charge in [-0.15, -0.1) is 5.10 Å². The summed E-state index contributed by atoms with van der Waals surface area (Å²) in [5, 5.41) is 13.9.